The Morgan fingerprint density at radius 3 is 2.46 bits per heavy atom. The molecule has 132 valence electrons. The maximum Gasteiger partial charge on any atom is 0.274 e. The van der Waals surface area contributed by atoms with Crippen molar-refractivity contribution in [2.24, 2.45) is 0 Å². The van der Waals surface area contributed by atoms with Crippen molar-refractivity contribution in [3.05, 3.63) is 71.5 Å². The van der Waals surface area contributed by atoms with Gasteiger partial charge in [-0.25, -0.2) is 9.97 Å². The maximum atomic E-state index is 12.5. The molecular weight excluding hydrogens is 328 g/mol. The Morgan fingerprint density at radius 2 is 1.73 bits per heavy atom. The predicted molar refractivity (Wildman–Crippen MR) is 102 cm³/mol. The molecule has 0 unspecified atom stereocenters. The number of methoxy groups -OCH3 is 1. The van der Waals surface area contributed by atoms with Crippen LogP contribution in [0.1, 0.15) is 21.7 Å². The van der Waals surface area contributed by atoms with Crippen molar-refractivity contribution < 1.29 is 9.53 Å². The first-order valence-corrected chi connectivity index (χ1v) is 8.18. The number of rotatable bonds is 5. The minimum absolute atomic E-state index is 0.284. The molecule has 0 aliphatic heterocycles. The third-order valence-electron chi connectivity index (χ3n) is 3.72. The molecule has 3 rings (SSSR count). The number of anilines is 3. The maximum absolute atomic E-state index is 12.5. The third kappa shape index (κ3) is 4.36. The Balaban J connectivity index is 1.80. The molecular formula is C20H20N4O2. The zero-order valence-corrected chi connectivity index (χ0v) is 14.9. The second-order valence-electron chi connectivity index (χ2n) is 5.90. The smallest absolute Gasteiger partial charge is 0.274 e. The third-order valence-corrected chi connectivity index (χ3v) is 3.72. The van der Waals surface area contributed by atoms with E-state index in [2.05, 4.69) is 20.6 Å². The SMILES string of the molecule is COc1cccc(Nc2nc(C)cc(C(=O)Nc3ccc(C)cc3)n2)c1. The molecule has 0 spiro atoms. The largest absolute Gasteiger partial charge is 0.497 e. The van der Waals surface area contributed by atoms with Crippen LogP contribution in [0.25, 0.3) is 0 Å². The van der Waals surface area contributed by atoms with Crippen LogP contribution in [-0.2, 0) is 0 Å². The van der Waals surface area contributed by atoms with E-state index in [1.165, 1.54) is 0 Å². The van der Waals surface area contributed by atoms with Crippen molar-refractivity contribution >= 4 is 23.2 Å². The number of ether oxygens (including phenoxy) is 1. The van der Waals surface area contributed by atoms with Gasteiger partial charge in [0.1, 0.15) is 11.4 Å². The Hall–Kier alpha value is -3.41. The molecule has 26 heavy (non-hydrogen) atoms. The molecule has 2 N–H and O–H groups in total. The monoisotopic (exact) mass is 348 g/mol. The van der Waals surface area contributed by atoms with Crippen LogP contribution in [0.5, 0.6) is 5.75 Å². The molecule has 6 nitrogen and oxygen atoms in total. The first-order valence-electron chi connectivity index (χ1n) is 8.18. The fraction of sp³-hybridized carbons (Fsp3) is 0.150. The van der Waals surface area contributed by atoms with Crippen LogP contribution in [0, 0.1) is 13.8 Å². The highest BCUT2D eigenvalue weighted by Crippen LogP contribution is 2.20. The Bertz CT molecular complexity index is 923. The van der Waals surface area contributed by atoms with E-state index in [4.69, 9.17) is 4.74 Å². The van der Waals surface area contributed by atoms with Gasteiger partial charge in [-0.1, -0.05) is 23.8 Å². The first-order chi connectivity index (χ1) is 12.5. The van der Waals surface area contributed by atoms with Gasteiger partial charge >= 0.3 is 0 Å². The summed E-state index contributed by atoms with van der Waals surface area (Å²) in [7, 11) is 1.61. The molecule has 0 fully saturated rings. The molecule has 3 aromatic rings. The van der Waals surface area contributed by atoms with E-state index < -0.39 is 0 Å². The molecule has 0 saturated heterocycles. The van der Waals surface area contributed by atoms with Crippen molar-refractivity contribution in [2.75, 3.05) is 17.7 Å². The van der Waals surface area contributed by atoms with E-state index in [-0.39, 0.29) is 5.91 Å². The highest BCUT2D eigenvalue weighted by molar-refractivity contribution is 6.03. The van der Waals surface area contributed by atoms with Crippen LogP contribution >= 0.6 is 0 Å². The van der Waals surface area contributed by atoms with Gasteiger partial charge in [0.15, 0.2) is 0 Å². The number of aromatic nitrogens is 2. The Morgan fingerprint density at radius 1 is 0.962 bits per heavy atom. The molecule has 2 aromatic carbocycles. The fourth-order valence-electron chi connectivity index (χ4n) is 2.40. The van der Waals surface area contributed by atoms with E-state index in [0.717, 1.165) is 22.7 Å². The van der Waals surface area contributed by atoms with E-state index in [0.29, 0.717) is 17.3 Å². The average molecular weight is 348 g/mol. The lowest BCUT2D eigenvalue weighted by atomic mass is 10.2. The molecule has 1 heterocycles. The Labute approximate surface area is 152 Å². The molecule has 0 radical (unpaired) electrons. The lowest BCUT2D eigenvalue weighted by Crippen LogP contribution is -2.15. The second-order valence-corrected chi connectivity index (χ2v) is 5.90. The summed E-state index contributed by atoms with van der Waals surface area (Å²) in [5.74, 6) is 0.792. The summed E-state index contributed by atoms with van der Waals surface area (Å²) in [6.45, 7) is 3.82. The van der Waals surface area contributed by atoms with Crippen molar-refractivity contribution in [3.63, 3.8) is 0 Å². The topological polar surface area (TPSA) is 76.1 Å². The van der Waals surface area contributed by atoms with Crippen molar-refractivity contribution in [1.29, 1.82) is 0 Å². The quantitative estimate of drug-likeness (QED) is 0.726. The van der Waals surface area contributed by atoms with E-state index in [9.17, 15) is 4.79 Å². The van der Waals surface area contributed by atoms with Crippen molar-refractivity contribution in [3.8, 4) is 5.75 Å². The van der Waals surface area contributed by atoms with Gasteiger partial charge in [0, 0.05) is 23.1 Å². The molecule has 0 aliphatic rings. The summed E-state index contributed by atoms with van der Waals surface area (Å²) < 4.78 is 5.21. The van der Waals surface area contributed by atoms with Crippen LogP contribution in [0.3, 0.4) is 0 Å². The van der Waals surface area contributed by atoms with E-state index >= 15 is 0 Å². The predicted octanol–water partition coefficient (Wildman–Crippen LogP) is 4.10. The molecule has 1 amide bonds. The van der Waals surface area contributed by atoms with Gasteiger partial charge in [0.2, 0.25) is 5.95 Å². The van der Waals surface area contributed by atoms with Gasteiger partial charge in [0.25, 0.3) is 5.91 Å². The standard InChI is InChI=1S/C20H20N4O2/c1-13-7-9-15(10-8-13)22-19(25)18-11-14(2)21-20(24-18)23-16-5-4-6-17(12-16)26-3/h4-12H,1-3H3,(H,22,25)(H,21,23,24). The van der Waals surface area contributed by atoms with Gasteiger partial charge in [-0.15, -0.1) is 0 Å². The number of carbonyl (C=O) groups excluding carboxylic acids is 1. The van der Waals surface area contributed by atoms with E-state index in [1.54, 1.807) is 13.2 Å². The minimum Gasteiger partial charge on any atom is -0.497 e. The van der Waals surface area contributed by atoms with Crippen molar-refractivity contribution in [2.45, 2.75) is 13.8 Å². The normalized spacial score (nSPS) is 10.3. The molecule has 0 atom stereocenters. The van der Waals surface area contributed by atoms with Crippen LogP contribution < -0.4 is 15.4 Å². The highest BCUT2D eigenvalue weighted by Gasteiger charge is 2.11. The number of amides is 1. The van der Waals surface area contributed by atoms with Crippen LogP contribution in [0.15, 0.2) is 54.6 Å². The molecule has 1 aromatic heterocycles. The number of hydrogen-bond acceptors (Lipinski definition) is 5. The first kappa shape index (κ1) is 17.4. The molecule has 6 heteroatoms. The van der Waals surface area contributed by atoms with Gasteiger partial charge in [-0.3, -0.25) is 4.79 Å². The number of hydrogen-bond donors (Lipinski definition) is 2. The molecule has 0 saturated carbocycles. The number of aryl methyl sites for hydroxylation is 2. The summed E-state index contributed by atoms with van der Waals surface area (Å²) in [5, 5.41) is 5.95. The fourth-order valence-corrected chi connectivity index (χ4v) is 2.40. The summed E-state index contributed by atoms with van der Waals surface area (Å²) in [6, 6.07) is 16.7. The highest BCUT2D eigenvalue weighted by atomic mass is 16.5. The number of nitrogens with one attached hydrogen (secondary N) is 2. The van der Waals surface area contributed by atoms with Crippen LogP contribution in [-0.4, -0.2) is 23.0 Å². The minimum atomic E-state index is -0.284. The molecule has 0 aliphatic carbocycles. The summed E-state index contributed by atoms with van der Waals surface area (Å²) in [5.41, 5.74) is 3.62. The summed E-state index contributed by atoms with van der Waals surface area (Å²) >= 11 is 0. The average Bonchev–Trinajstić information content (AvgIpc) is 2.63. The zero-order valence-electron chi connectivity index (χ0n) is 14.9. The number of benzene rings is 2. The van der Waals surface area contributed by atoms with Gasteiger partial charge in [-0.2, -0.15) is 0 Å². The molecule has 0 bridgehead atoms. The lowest BCUT2D eigenvalue weighted by Gasteiger charge is -2.10. The van der Waals surface area contributed by atoms with Crippen LogP contribution in [0.4, 0.5) is 17.3 Å². The van der Waals surface area contributed by atoms with Crippen molar-refractivity contribution in [1.82, 2.24) is 9.97 Å². The van der Waals surface area contributed by atoms with Gasteiger partial charge < -0.3 is 15.4 Å². The van der Waals surface area contributed by atoms with Gasteiger partial charge in [0.05, 0.1) is 7.11 Å². The van der Waals surface area contributed by atoms with Crippen LogP contribution in [0.2, 0.25) is 0 Å². The zero-order chi connectivity index (χ0) is 18.5. The number of carbonyl (C=O) groups is 1. The summed E-state index contributed by atoms with van der Waals surface area (Å²) in [6.07, 6.45) is 0. The Kier molecular flexibility index (Phi) is 5.12. The number of nitrogens with zero attached hydrogens (tertiary/aromatic N) is 2. The van der Waals surface area contributed by atoms with Gasteiger partial charge in [-0.05, 0) is 44.2 Å². The second kappa shape index (κ2) is 7.65. The lowest BCUT2D eigenvalue weighted by molar-refractivity contribution is 0.102. The summed E-state index contributed by atoms with van der Waals surface area (Å²) in [4.78, 5) is 21.2. The van der Waals surface area contributed by atoms with E-state index in [1.807, 2.05) is 62.4 Å².